The number of aromatic amines is 1. The number of fused-ring (bicyclic) bond motifs is 1. The van der Waals surface area contributed by atoms with Gasteiger partial charge in [0.1, 0.15) is 6.23 Å². The second kappa shape index (κ2) is 5.50. The third-order valence-electron chi connectivity index (χ3n) is 2.96. The van der Waals surface area contributed by atoms with Gasteiger partial charge in [-0.2, -0.15) is 0 Å². The summed E-state index contributed by atoms with van der Waals surface area (Å²) in [5.41, 5.74) is 0.561. The van der Waals surface area contributed by atoms with Crippen molar-refractivity contribution in [3.63, 3.8) is 0 Å². The maximum atomic E-state index is 11.5. The van der Waals surface area contributed by atoms with Gasteiger partial charge in [-0.3, -0.25) is 9.36 Å². The maximum absolute atomic E-state index is 11.5. The van der Waals surface area contributed by atoms with Gasteiger partial charge < -0.3 is 14.8 Å². The van der Waals surface area contributed by atoms with Crippen LogP contribution in [0.5, 0.6) is 0 Å². The van der Waals surface area contributed by atoms with Crippen molar-refractivity contribution < 1.29 is 9.84 Å². The van der Waals surface area contributed by atoms with E-state index in [0.717, 1.165) is 12.8 Å². The molecule has 0 aliphatic carbocycles. The van der Waals surface area contributed by atoms with Gasteiger partial charge in [0.15, 0.2) is 11.2 Å². The minimum atomic E-state index is -0.259. The fraction of sp³-hybridized carbons (Fsp3) is 0.500. The van der Waals surface area contributed by atoms with Gasteiger partial charge in [0.05, 0.1) is 25.4 Å². The van der Waals surface area contributed by atoms with Crippen LogP contribution in [0.25, 0.3) is 11.2 Å². The van der Waals surface area contributed by atoms with Crippen molar-refractivity contribution in [2.75, 3.05) is 6.61 Å². The van der Waals surface area contributed by atoms with Gasteiger partial charge in [0.25, 0.3) is 5.56 Å². The summed E-state index contributed by atoms with van der Waals surface area (Å²) in [6.45, 7) is 0.0111. The van der Waals surface area contributed by atoms with Crippen LogP contribution in [0.15, 0.2) is 17.4 Å². The van der Waals surface area contributed by atoms with Crippen LogP contribution in [-0.4, -0.2) is 66.9 Å². The summed E-state index contributed by atoms with van der Waals surface area (Å²) < 4.78 is 7.36. The summed E-state index contributed by atoms with van der Waals surface area (Å²) >= 11 is 0. The first-order chi connectivity index (χ1) is 8.29. The van der Waals surface area contributed by atoms with Crippen LogP contribution in [0.2, 0.25) is 0 Å². The number of rotatable bonds is 2. The number of nitrogens with zero attached hydrogens (tertiary/aromatic N) is 3. The van der Waals surface area contributed by atoms with Gasteiger partial charge >= 0.3 is 0 Å². The number of nitrogens with one attached hydrogen (secondary N) is 1. The fourth-order valence-electron chi connectivity index (χ4n) is 2.10. The van der Waals surface area contributed by atoms with Gasteiger partial charge in [-0.05, 0) is 12.8 Å². The smallest absolute Gasteiger partial charge is 0.278 e. The van der Waals surface area contributed by atoms with Crippen molar-refractivity contribution in [3.8, 4) is 0 Å². The van der Waals surface area contributed by atoms with Crippen LogP contribution >= 0.6 is 0 Å². The molecule has 2 aromatic heterocycles. The molecular weight excluding hydrogens is 247 g/mol. The molecule has 2 N–H and O–H groups in total. The first kappa shape index (κ1) is 13.7. The zero-order valence-corrected chi connectivity index (χ0v) is 12.0. The largest absolute Gasteiger partial charge is 0.394 e. The first-order valence-corrected chi connectivity index (χ1v) is 5.46. The van der Waals surface area contributed by atoms with Gasteiger partial charge in [0, 0.05) is 29.6 Å². The number of imidazole rings is 1. The quantitative estimate of drug-likeness (QED) is 0.703. The van der Waals surface area contributed by atoms with E-state index < -0.39 is 0 Å². The van der Waals surface area contributed by atoms with E-state index in [1.807, 2.05) is 0 Å². The molecule has 7 nitrogen and oxygen atoms in total. The van der Waals surface area contributed by atoms with Crippen LogP contribution in [0.4, 0.5) is 0 Å². The molecule has 3 heterocycles. The van der Waals surface area contributed by atoms with E-state index in [0.29, 0.717) is 11.2 Å². The maximum Gasteiger partial charge on any atom is 0.278 e. The Hall–Kier alpha value is -0.730. The molecule has 0 saturated carbocycles. The van der Waals surface area contributed by atoms with Gasteiger partial charge in [-0.1, -0.05) is 0 Å². The molecule has 18 heavy (non-hydrogen) atoms. The van der Waals surface area contributed by atoms with E-state index in [1.54, 1.807) is 10.9 Å². The topological polar surface area (TPSA) is 93.0 Å². The molecule has 1 saturated heterocycles. The standard InChI is InChI=1S/C10H12N4O3.Na/c15-3-6-1-2-7(17-6)14-5-13-8-9(14)11-4-12-10(8)16;/h4-7,15H,1-3H2,(H,11,12,16);/t6-,7+;/m0./s1. The molecule has 0 amide bonds. The van der Waals surface area contributed by atoms with E-state index in [1.165, 1.54) is 6.33 Å². The number of hydrogen-bond donors (Lipinski definition) is 2. The van der Waals surface area contributed by atoms with Crippen LogP contribution in [-0.2, 0) is 4.74 Å². The second-order valence-corrected chi connectivity index (χ2v) is 4.03. The molecule has 8 heteroatoms. The molecule has 0 spiro atoms. The molecule has 2 atom stereocenters. The summed E-state index contributed by atoms with van der Waals surface area (Å²) in [6.07, 6.45) is 4.14. The summed E-state index contributed by atoms with van der Waals surface area (Å²) in [4.78, 5) is 22.1. The fourth-order valence-corrected chi connectivity index (χ4v) is 2.10. The van der Waals surface area contributed by atoms with E-state index in [9.17, 15) is 4.79 Å². The van der Waals surface area contributed by atoms with Crippen LogP contribution in [0.1, 0.15) is 19.1 Å². The predicted molar refractivity (Wildman–Crippen MR) is 64.1 cm³/mol. The molecule has 2 aromatic rings. The van der Waals surface area contributed by atoms with E-state index in [-0.39, 0.29) is 54.1 Å². The van der Waals surface area contributed by atoms with Crippen molar-refractivity contribution in [3.05, 3.63) is 23.0 Å². The Balaban J connectivity index is 0.00000120. The first-order valence-electron chi connectivity index (χ1n) is 5.46. The number of ether oxygens (including phenoxy) is 1. The summed E-state index contributed by atoms with van der Waals surface area (Å²) in [7, 11) is 0. The average Bonchev–Trinajstić information content (AvgIpc) is 2.94. The van der Waals surface area contributed by atoms with Crippen molar-refractivity contribution in [1.82, 2.24) is 19.5 Å². The third kappa shape index (κ3) is 2.24. The molecule has 91 valence electrons. The van der Waals surface area contributed by atoms with Gasteiger partial charge in [-0.15, -0.1) is 0 Å². The Morgan fingerprint density at radius 2 is 2.33 bits per heavy atom. The van der Waals surface area contributed by atoms with E-state index >= 15 is 0 Å². The SMILES string of the molecule is O=c1[nH]cnc2c1ncn2[C@H]1CC[C@@H](CO)O1.[Na]. The van der Waals surface area contributed by atoms with Crippen molar-refractivity contribution in [1.29, 1.82) is 0 Å². The number of aliphatic hydroxyl groups excluding tert-OH is 1. The van der Waals surface area contributed by atoms with Crippen LogP contribution < -0.4 is 5.56 Å². The zero-order chi connectivity index (χ0) is 11.8. The Kier molecular flexibility index (Phi) is 4.18. The molecule has 1 aliphatic rings. The summed E-state index contributed by atoms with van der Waals surface area (Å²) in [6, 6.07) is 0. The van der Waals surface area contributed by atoms with Crippen LogP contribution in [0.3, 0.4) is 0 Å². The average molecular weight is 259 g/mol. The molecular formula is C10H12N4NaO3. The van der Waals surface area contributed by atoms with E-state index in [4.69, 9.17) is 9.84 Å². The minimum absolute atomic E-state index is 0. The van der Waals surface area contributed by atoms with Gasteiger partial charge in [-0.25, -0.2) is 9.97 Å². The number of aliphatic hydroxyl groups is 1. The molecule has 0 unspecified atom stereocenters. The van der Waals surface area contributed by atoms with E-state index in [2.05, 4.69) is 15.0 Å². The zero-order valence-electron chi connectivity index (χ0n) is 10.0. The molecule has 1 aliphatic heterocycles. The summed E-state index contributed by atoms with van der Waals surface area (Å²) in [5, 5.41) is 9.02. The molecule has 0 aromatic carbocycles. The normalized spacial score (nSPS) is 23.2. The Bertz CT molecular complexity index is 596. The third-order valence-corrected chi connectivity index (χ3v) is 2.96. The molecule has 1 fully saturated rings. The monoisotopic (exact) mass is 259 g/mol. The Labute approximate surface area is 124 Å². The molecule has 3 rings (SSSR count). The number of aromatic nitrogens is 4. The molecule has 1 radical (unpaired) electrons. The predicted octanol–water partition coefficient (Wildman–Crippen LogP) is -0.591. The minimum Gasteiger partial charge on any atom is -0.394 e. The van der Waals surface area contributed by atoms with Crippen molar-refractivity contribution >= 4 is 40.7 Å². The number of H-pyrrole nitrogens is 1. The summed E-state index contributed by atoms with van der Waals surface area (Å²) in [5.74, 6) is 0. The Morgan fingerprint density at radius 1 is 1.50 bits per heavy atom. The van der Waals surface area contributed by atoms with Crippen molar-refractivity contribution in [2.45, 2.75) is 25.2 Å². The second-order valence-electron chi connectivity index (χ2n) is 4.03. The van der Waals surface area contributed by atoms with Crippen molar-refractivity contribution in [2.24, 2.45) is 0 Å². The number of hydrogen-bond acceptors (Lipinski definition) is 5. The van der Waals surface area contributed by atoms with Gasteiger partial charge in [0.2, 0.25) is 0 Å². The Morgan fingerprint density at radius 3 is 3.06 bits per heavy atom. The molecule has 0 bridgehead atoms. The van der Waals surface area contributed by atoms with Crippen LogP contribution in [0, 0.1) is 0 Å².